The molecule has 1 aliphatic heterocycles. The Morgan fingerprint density at radius 2 is 1.57 bits per heavy atom. The van der Waals surface area contributed by atoms with Crippen LogP contribution in [0.5, 0.6) is 11.5 Å². The molecule has 0 N–H and O–H groups in total. The fourth-order valence-corrected chi connectivity index (χ4v) is 3.85. The summed E-state index contributed by atoms with van der Waals surface area (Å²) in [6.07, 6.45) is 0. The lowest BCUT2D eigenvalue weighted by Crippen LogP contribution is -2.04. The van der Waals surface area contributed by atoms with E-state index in [1.165, 1.54) is 0 Å². The predicted octanol–water partition coefficient (Wildman–Crippen LogP) is 4.89. The number of ether oxygens (including phenoxy) is 2. The molecule has 3 heterocycles. The number of benzene rings is 3. The van der Waals surface area contributed by atoms with Crippen LogP contribution >= 0.6 is 0 Å². The first-order chi connectivity index (χ1) is 13.8. The molecule has 134 valence electrons. The second-order valence-corrected chi connectivity index (χ2v) is 6.68. The molecule has 6 rings (SSSR count). The van der Waals surface area contributed by atoms with Gasteiger partial charge in [-0.1, -0.05) is 42.5 Å². The Bertz CT molecular complexity index is 1450. The zero-order valence-corrected chi connectivity index (χ0v) is 14.6. The molecular formula is C23H13NO4. The van der Waals surface area contributed by atoms with Crippen LogP contribution in [-0.2, 0) is 0 Å². The van der Waals surface area contributed by atoms with E-state index >= 15 is 0 Å². The Morgan fingerprint density at radius 3 is 2.43 bits per heavy atom. The van der Waals surface area contributed by atoms with Crippen molar-refractivity contribution >= 4 is 32.8 Å². The second-order valence-electron chi connectivity index (χ2n) is 6.68. The molecule has 5 nitrogen and oxygen atoms in total. The minimum atomic E-state index is -0.403. The zero-order valence-electron chi connectivity index (χ0n) is 14.6. The molecule has 5 aromatic rings. The fourth-order valence-electron chi connectivity index (χ4n) is 3.85. The van der Waals surface area contributed by atoms with Crippen LogP contribution in [0.2, 0.25) is 0 Å². The molecule has 0 saturated heterocycles. The van der Waals surface area contributed by atoms with E-state index < -0.39 is 5.63 Å². The van der Waals surface area contributed by atoms with Gasteiger partial charge in [0.15, 0.2) is 11.5 Å². The van der Waals surface area contributed by atoms with Crippen molar-refractivity contribution in [3.05, 3.63) is 77.2 Å². The van der Waals surface area contributed by atoms with Crippen LogP contribution in [0.4, 0.5) is 0 Å². The van der Waals surface area contributed by atoms with Gasteiger partial charge in [-0.3, -0.25) is 0 Å². The van der Waals surface area contributed by atoms with Crippen LogP contribution in [0.15, 0.2) is 75.9 Å². The highest BCUT2D eigenvalue weighted by Crippen LogP contribution is 2.41. The van der Waals surface area contributed by atoms with Crippen molar-refractivity contribution in [3.63, 3.8) is 0 Å². The highest BCUT2D eigenvalue weighted by atomic mass is 16.7. The highest BCUT2D eigenvalue weighted by Gasteiger charge is 2.22. The number of aromatic nitrogens is 1. The van der Waals surface area contributed by atoms with E-state index in [9.17, 15) is 4.79 Å². The van der Waals surface area contributed by atoms with Gasteiger partial charge in [-0.2, -0.15) is 0 Å². The topological polar surface area (TPSA) is 61.6 Å². The fraction of sp³-hybridized carbons (Fsp3) is 0.0435. The third-order valence-electron chi connectivity index (χ3n) is 5.09. The SMILES string of the molecule is O=c1oc2ccccc2c2nc3cc4c(cc3c(-c3ccccc3)c12)OCO4. The Labute approximate surface area is 158 Å². The maximum Gasteiger partial charge on any atom is 0.346 e. The van der Waals surface area contributed by atoms with Crippen LogP contribution < -0.4 is 15.1 Å². The molecule has 5 heteroatoms. The van der Waals surface area contributed by atoms with Gasteiger partial charge in [-0.05, 0) is 23.8 Å². The third kappa shape index (κ3) is 2.07. The first kappa shape index (κ1) is 15.2. The van der Waals surface area contributed by atoms with Crippen molar-refractivity contribution in [3.8, 4) is 22.6 Å². The third-order valence-corrected chi connectivity index (χ3v) is 5.09. The van der Waals surface area contributed by atoms with Crippen molar-refractivity contribution in [2.45, 2.75) is 0 Å². The average Bonchev–Trinajstić information content (AvgIpc) is 3.19. The lowest BCUT2D eigenvalue weighted by atomic mass is 9.96. The number of fused-ring (bicyclic) bond motifs is 5. The summed E-state index contributed by atoms with van der Waals surface area (Å²) in [5.74, 6) is 1.31. The molecule has 0 unspecified atom stereocenters. The van der Waals surface area contributed by atoms with Gasteiger partial charge in [-0.15, -0.1) is 0 Å². The second kappa shape index (κ2) is 5.57. The van der Waals surface area contributed by atoms with E-state index in [1.54, 1.807) is 6.07 Å². The molecule has 0 fully saturated rings. The minimum absolute atomic E-state index is 0.177. The first-order valence-corrected chi connectivity index (χ1v) is 8.94. The lowest BCUT2D eigenvalue weighted by molar-refractivity contribution is 0.174. The van der Waals surface area contributed by atoms with Gasteiger partial charge in [0.2, 0.25) is 6.79 Å². The predicted molar refractivity (Wildman–Crippen MR) is 107 cm³/mol. The molecule has 0 saturated carbocycles. The van der Waals surface area contributed by atoms with Crippen molar-refractivity contribution in [2.24, 2.45) is 0 Å². The summed E-state index contributed by atoms with van der Waals surface area (Å²) in [6.45, 7) is 0.177. The maximum absolute atomic E-state index is 13.0. The van der Waals surface area contributed by atoms with Gasteiger partial charge >= 0.3 is 5.63 Å². The minimum Gasteiger partial charge on any atom is -0.454 e. The highest BCUT2D eigenvalue weighted by molar-refractivity contribution is 6.15. The van der Waals surface area contributed by atoms with Crippen molar-refractivity contribution in [1.29, 1.82) is 0 Å². The average molecular weight is 367 g/mol. The number of nitrogens with zero attached hydrogens (tertiary/aromatic N) is 1. The summed E-state index contributed by atoms with van der Waals surface area (Å²) >= 11 is 0. The lowest BCUT2D eigenvalue weighted by Gasteiger charge is -2.12. The number of rotatable bonds is 1. The molecular weight excluding hydrogens is 354 g/mol. The molecule has 0 radical (unpaired) electrons. The van der Waals surface area contributed by atoms with E-state index in [-0.39, 0.29) is 6.79 Å². The molecule has 0 bridgehead atoms. The molecule has 28 heavy (non-hydrogen) atoms. The monoisotopic (exact) mass is 367 g/mol. The molecule has 0 atom stereocenters. The summed E-state index contributed by atoms with van der Waals surface area (Å²) in [4.78, 5) is 17.8. The Hall–Kier alpha value is -3.86. The van der Waals surface area contributed by atoms with Gasteiger partial charge in [-0.25, -0.2) is 9.78 Å². The summed E-state index contributed by atoms with van der Waals surface area (Å²) in [6, 6.07) is 21.0. The standard InChI is InChI=1S/C23H13NO4/c25-23-21-20(13-6-2-1-3-7-13)15-10-18-19(27-12-26-18)11-16(15)24-22(21)14-8-4-5-9-17(14)28-23/h1-11H,12H2. The van der Waals surface area contributed by atoms with Gasteiger partial charge < -0.3 is 13.9 Å². The number of pyridine rings is 1. The van der Waals surface area contributed by atoms with E-state index in [0.29, 0.717) is 28.0 Å². The summed E-state index contributed by atoms with van der Waals surface area (Å²) < 4.78 is 16.7. The zero-order chi connectivity index (χ0) is 18.7. The normalized spacial score (nSPS) is 12.9. The molecule has 0 spiro atoms. The first-order valence-electron chi connectivity index (χ1n) is 8.94. The van der Waals surface area contributed by atoms with E-state index in [4.69, 9.17) is 18.9 Å². The molecule has 1 aliphatic rings. The van der Waals surface area contributed by atoms with E-state index in [2.05, 4.69) is 0 Å². The van der Waals surface area contributed by atoms with Gasteiger partial charge in [0.25, 0.3) is 0 Å². The van der Waals surface area contributed by atoms with Crippen LogP contribution in [-0.4, -0.2) is 11.8 Å². The van der Waals surface area contributed by atoms with Gasteiger partial charge in [0, 0.05) is 22.4 Å². The van der Waals surface area contributed by atoms with Crippen molar-refractivity contribution < 1.29 is 13.9 Å². The molecule has 3 aromatic carbocycles. The smallest absolute Gasteiger partial charge is 0.346 e. The largest absolute Gasteiger partial charge is 0.454 e. The van der Waals surface area contributed by atoms with Crippen LogP contribution in [0.3, 0.4) is 0 Å². The van der Waals surface area contributed by atoms with Crippen LogP contribution in [0.25, 0.3) is 43.9 Å². The quantitative estimate of drug-likeness (QED) is 0.240. The summed E-state index contributed by atoms with van der Waals surface area (Å²) in [5.41, 5.74) is 3.19. The van der Waals surface area contributed by atoms with E-state index in [0.717, 1.165) is 27.4 Å². The van der Waals surface area contributed by atoms with Crippen LogP contribution in [0, 0.1) is 0 Å². The van der Waals surface area contributed by atoms with Gasteiger partial charge in [0.05, 0.1) is 16.4 Å². The Kier molecular flexibility index (Phi) is 3.03. The van der Waals surface area contributed by atoms with Crippen molar-refractivity contribution in [1.82, 2.24) is 4.98 Å². The van der Waals surface area contributed by atoms with Gasteiger partial charge in [0.1, 0.15) is 5.58 Å². The Morgan fingerprint density at radius 1 is 0.821 bits per heavy atom. The summed E-state index contributed by atoms with van der Waals surface area (Å²) in [7, 11) is 0. The van der Waals surface area contributed by atoms with E-state index in [1.807, 2.05) is 60.7 Å². The van der Waals surface area contributed by atoms with Crippen molar-refractivity contribution in [2.75, 3.05) is 6.79 Å². The number of hydrogen-bond donors (Lipinski definition) is 0. The number of para-hydroxylation sites is 1. The molecule has 2 aromatic heterocycles. The molecule has 0 aliphatic carbocycles. The number of hydrogen-bond acceptors (Lipinski definition) is 5. The van der Waals surface area contributed by atoms with Crippen LogP contribution in [0.1, 0.15) is 0 Å². The molecule has 0 amide bonds. The maximum atomic E-state index is 13.0. The Balaban J connectivity index is 1.90. The summed E-state index contributed by atoms with van der Waals surface area (Å²) in [5, 5.41) is 2.09.